The first-order valence-corrected chi connectivity index (χ1v) is 7.24. The Morgan fingerprint density at radius 3 is 2.71 bits per heavy atom. The number of piperidine rings is 1. The number of amides is 2. The van der Waals surface area contributed by atoms with E-state index in [1.54, 1.807) is 12.4 Å². The standard InChI is InChI=1S/C15H19N5O/c21-15(18-12-10-16-17-11-12)19-13-6-2-3-7-14(13)20-8-4-1-5-9-20/h2-3,6-7,10-11H,1,4-5,8-9H2,(H,16,17)(H2,18,19,21). The molecule has 1 fully saturated rings. The lowest BCUT2D eigenvalue weighted by molar-refractivity contribution is 0.262. The molecule has 0 saturated carbocycles. The molecule has 0 unspecified atom stereocenters. The van der Waals surface area contributed by atoms with Gasteiger partial charge in [0.1, 0.15) is 0 Å². The molecule has 3 rings (SSSR count). The molecule has 3 N–H and O–H groups in total. The maximum absolute atomic E-state index is 12.0. The predicted octanol–water partition coefficient (Wildman–Crippen LogP) is 3.04. The van der Waals surface area contributed by atoms with Gasteiger partial charge in [-0.3, -0.25) is 5.10 Å². The van der Waals surface area contributed by atoms with Gasteiger partial charge >= 0.3 is 6.03 Å². The lowest BCUT2D eigenvalue weighted by Gasteiger charge is -2.30. The summed E-state index contributed by atoms with van der Waals surface area (Å²) in [4.78, 5) is 14.4. The van der Waals surface area contributed by atoms with Crippen molar-refractivity contribution in [2.75, 3.05) is 28.6 Å². The van der Waals surface area contributed by atoms with Gasteiger partial charge in [-0.2, -0.15) is 5.10 Å². The van der Waals surface area contributed by atoms with Crippen LogP contribution in [0.2, 0.25) is 0 Å². The number of carbonyl (C=O) groups excluding carboxylic acids is 1. The molecule has 2 heterocycles. The Kier molecular flexibility index (Phi) is 4.04. The van der Waals surface area contributed by atoms with E-state index >= 15 is 0 Å². The van der Waals surface area contributed by atoms with Crippen LogP contribution in [-0.2, 0) is 0 Å². The minimum absolute atomic E-state index is 0.263. The minimum atomic E-state index is -0.263. The summed E-state index contributed by atoms with van der Waals surface area (Å²) in [7, 11) is 0. The van der Waals surface area contributed by atoms with Crippen molar-refractivity contribution in [3.63, 3.8) is 0 Å². The largest absolute Gasteiger partial charge is 0.370 e. The maximum atomic E-state index is 12.0. The quantitative estimate of drug-likeness (QED) is 0.811. The first-order chi connectivity index (χ1) is 10.3. The highest BCUT2D eigenvalue weighted by molar-refractivity contribution is 6.01. The van der Waals surface area contributed by atoms with Gasteiger partial charge < -0.3 is 15.5 Å². The van der Waals surface area contributed by atoms with Crippen LogP contribution in [0.5, 0.6) is 0 Å². The van der Waals surface area contributed by atoms with Crippen molar-refractivity contribution in [1.29, 1.82) is 0 Å². The monoisotopic (exact) mass is 285 g/mol. The van der Waals surface area contributed by atoms with E-state index in [-0.39, 0.29) is 6.03 Å². The summed E-state index contributed by atoms with van der Waals surface area (Å²) in [5.41, 5.74) is 2.56. The van der Waals surface area contributed by atoms with E-state index in [1.807, 2.05) is 18.2 Å². The summed E-state index contributed by atoms with van der Waals surface area (Å²) in [6.45, 7) is 2.09. The van der Waals surface area contributed by atoms with Crippen molar-refractivity contribution in [1.82, 2.24) is 10.2 Å². The van der Waals surface area contributed by atoms with Crippen molar-refractivity contribution in [2.24, 2.45) is 0 Å². The van der Waals surface area contributed by atoms with Crippen molar-refractivity contribution in [2.45, 2.75) is 19.3 Å². The first kappa shape index (κ1) is 13.5. The number of aromatic nitrogens is 2. The fourth-order valence-corrected chi connectivity index (χ4v) is 2.59. The van der Waals surface area contributed by atoms with Crippen molar-refractivity contribution in [3.8, 4) is 0 Å². The number of nitrogens with zero attached hydrogens (tertiary/aromatic N) is 2. The molecule has 2 amide bonds. The third-order valence-corrected chi connectivity index (χ3v) is 3.61. The van der Waals surface area contributed by atoms with Crippen molar-refractivity contribution in [3.05, 3.63) is 36.7 Å². The fraction of sp³-hybridized carbons (Fsp3) is 0.333. The third-order valence-electron chi connectivity index (χ3n) is 3.61. The number of hydrogen-bond acceptors (Lipinski definition) is 3. The van der Waals surface area contributed by atoms with Gasteiger partial charge in [0.2, 0.25) is 0 Å². The van der Waals surface area contributed by atoms with Crippen molar-refractivity contribution < 1.29 is 4.79 Å². The number of nitrogens with one attached hydrogen (secondary N) is 3. The summed E-state index contributed by atoms with van der Waals surface area (Å²) >= 11 is 0. The molecule has 1 saturated heterocycles. The van der Waals surface area contributed by atoms with Gasteiger partial charge in [0, 0.05) is 19.3 Å². The number of anilines is 3. The van der Waals surface area contributed by atoms with Crippen molar-refractivity contribution >= 4 is 23.1 Å². The average Bonchev–Trinajstić information content (AvgIpc) is 3.01. The molecule has 1 aromatic carbocycles. The summed E-state index contributed by atoms with van der Waals surface area (Å²) < 4.78 is 0. The zero-order valence-corrected chi connectivity index (χ0v) is 11.8. The zero-order chi connectivity index (χ0) is 14.5. The minimum Gasteiger partial charge on any atom is -0.370 e. The highest BCUT2D eigenvalue weighted by atomic mass is 16.2. The molecule has 0 atom stereocenters. The van der Waals surface area contributed by atoms with Crippen LogP contribution in [0, 0.1) is 0 Å². The molecule has 0 aliphatic carbocycles. The topological polar surface area (TPSA) is 73.0 Å². The van der Waals surface area contributed by atoms with E-state index in [4.69, 9.17) is 0 Å². The number of hydrogen-bond donors (Lipinski definition) is 3. The van der Waals surface area contributed by atoms with E-state index < -0.39 is 0 Å². The Labute approximate surface area is 123 Å². The lowest BCUT2D eigenvalue weighted by Crippen LogP contribution is -2.30. The highest BCUT2D eigenvalue weighted by Crippen LogP contribution is 2.28. The molecule has 110 valence electrons. The molecule has 0 radical (unpaired) electrons. The van der Waals surface area contributed by atoms with Crippen LogP contribution in [0.4, 0.5) is 21.9 Å². The molecule has 1 aliphatic rings. The van der Waals surface area contributed by atoms with Gasteiger partial charge in [-0.05, 0) is 31.4 Å². The highest BCUT2D eigenvalue weighted by Gasteiger charge is 2.15. The van der Waals surface area contributed by atoms with E-state index in [1.165, 1.54) is 19.3 Å². The smallest absolute Gasteiger partial charge is 0.323 e. The number of urea groups is 1. The van der Waals surface area contributed by atoms with E-state index in [2.05, 4.69) is 31.8 Å². The molecule has 0 bridgehead atoms. The summed E-state index contributed by atoms with van der Waals surface area (Å²) in [6.07, 6.45) is 6.89. The number of aromatic amines is 1. The lowest BCUT2D eigenvalue weighted by atomic mass is 10.1. The van der Waals surface area contributed by atoms with Gasteiger partial charge in [0.15, 0.2) is 0 Å². The van der Waals surface area contributed by atoms with Gasteiger partial charge in [0.05, 0.1) is 23.3 Å². The average molecular weight is 285 g/mol. The summed E-state index contributed by atoms with van der Waals surface area (Å²) in [6, 6.07) is 7.66. The maximum Gasteiger partial charge on any atom is 0.323 e. The van der Waals surface area contributed by atoms with Gasteiger partial charge in [-0.15, -0.1) is 0 Å². The summed E-state index contributed by atoms with van der Waals surface area (Å²) in [5, 5.41) is 12.1. The first-order valence-electron chi connectivity index (χ1n) is 7.24. The van der Waals surface area contributed by atoms with Crippen LogP contribution in [0.3, 0.4) is 0 Å². The van der Waals surface area contributed by atoms with E-state index in [0.717, 1.165) is 24.5 Å². The number of rotatable bonds is 3. The second kappa shape index (κ2) is 6.30. The SMILES string of the molecule is O=C(Nc1cn[nH]c1)Nc1ccccc1N1CCCCC1. The predicted molar refractivity (Wildman–Crippen MR) is 83.7 cm³/mol. The van der Waals surface area contributed by atoms with Crippen LogP contribution in [0.15, 0.2) is 36.7 Å². The number of para-hydroxylation sites is 2. The third kappa shape index (κ3) is 3.34. The Bertz CT molecular complexity index is 590. The van der Waals surface area contributed by atoms with Crippen LogP contribution in [0.1, 0.15) is 19.3 Å². The normalized spacial score (nSPS) is 14.8. The molecule has 0 spiro atoms. The molecule has 1 aromatic heterocycles. The Hall–Kier alpha value is -2.50. The molecule has 21 heavy (non-hydrogen) atoms. The second-order valence-electron chi connectivity index (χ2n) is 5.13. The summed E-state index contributed by atoms with van der Waals surface area (Å²) in [5.74, 6) is 0. The molecular formula is C15H19N5O. The molecular weight excluding hydrogens is 266 g/mol. The fourth-order valence-electron chi connectivity index (χ4n) is 2.59. The van der Waals surface area contributed by atoms with Crippen LogP contribution in [0.25, 0.3) is 0 Å². The Morgan fingerprint density at radius 2 is 1.95 bits per heavy atom. The van der Waals surface area contributed by atoms with Gasteiger partial charge in [-0.25, -0.2) is 4.79 Å². The van der Waals surface area contributed by atoms with Gasteiger partial charge in [-0.1, -0.05) is 12.1 Å². The number of H-pyrrole nitrogens is 1. The Morgan fingerprint density at radius 1 is 1.14 bits per heavy atom. The molecule has 2 aromatic rings. The van der Waals surface area contributed by atoms with Crippen LogP contribution in [-0.4, -0.2) is 29.3 Å². The van der Waals surface area contributed by atoms with Crippen LogP contribution >= 0.6 is 0 Å². The van der Waals surface area contributed by atoms with E-state index in [9.17, 15) is 4.79 Å². The van der Waals surface area contributed by atoms with E-state index in [0.29, 0.717) is 5.69 Å². The number of benzene rings is 1. The van der Waals surface area contributed by atoms with Gasteiger partial charge in [0.25, 0.3) is 0 Å². The Balaban J connectivity index is 1.71. The molecule has 1 aliphatic heterocycles. The van der Waals surface area contributed by atoms with Crippen LogP contribution < -0.4 is 15.5 Å². The number of carbonyl (C=O) groups is 1. The molecule has 6 nitrogen and oxygen atoms in total. The molecule has 6 heteroatoms. The zero-order valence-electron chi connectivity index (χ0n) is 11.8. The second-order valence-corrected chi connectivity index (χ2v) is 5.13.